The van der Waals surface area contributed by atoms with Crippen molar-refractivity contribution in [1.29, 1.82) is 0 Å². The smallest absolute Gasteiger partial charge is 0.340 e. The maximum absolute atomic E-state index is 13.3. The largest absolute Gasteiger partial charge is 0.416 e. The van der Waals surface area contributed by atoms with Crippen LogP contribution in [0.2, 0.25) is 0 Å². The van der Waals surface area contributed by atoms with Gasteiger partial charge in [-0.2, -0.15) is 27.4 Å². The molecule has 4 aromatic rings. The van der Waals surface area contributed by atoms with Crippen molar-refractivity contribution in [2.45, 2.75) is 11.1 Å². The van der Waals surface area contributed by atoms with Crippen LogP contribution in [-0.2, 0) is 16.2 Å². The summed E-state index contributed by atoms with van der Waals surface area (Å²) in [6.07, 6.45) is -1.75. The van der Waals surface area contributed by atoms with Crippen LogP contribution in [0.25, 0.3) is 5.82 Å². The molecule has 1 fully saturated rings. The summed E-state index contributed by atoms with van der Waals surface area (Å²) in [5.41, 5.74) is -0.444. The molecule has 38 heavy (non-hydrogen) atoms. The van der Waals surface area contributed by atoms with Crippen LogP contribution in [0.5, 0.6) is 0 Å². The predicted octanol–water partition coefficient (Wildman–Crippen LogP) is 3.47. The SMILES string of the molecule is O=S(=O)(c1cccc(C(F)(F)F)c1)N1CCN(c2nc(Nc3ccc(F)cc3)cc(-n3cnnc3)n2)CC1. The highest BCUT2D eigenvalue weighted by molar-refractivity contribution is 7.89. The number of aromatic nitrogens is 5. The zero-order chi connectivity index (χ0) is 26.9. The Labute approximate surface area is 214 Å². The summed E-state index contributed by atoms with van der Waals surface area (Å²) >= 11 is 0. The number of hydrogen-bond donors (Lipinski definition) is 1. The fourth-order valence-corrected chi connectivity index (χ4v) is 5.34. The van der Waals surface area contributed by atoms with Gasteiger partial charge in [-0.1, -0.05) is 6.07 Å². The quantitative estimate of drug-likeness (QED) is 0.365. The lowest BCUT2D eigenvalue weighted by atomic mass is 10.2. The average Bonchev–Trinajstić information content (AvgIpc) is 3.45. The molecule has 1 saturated heterocycles. The van der Waals surface area contributed by atoms with Crippen LogP contribution in [0.4, 0.5) is 35.0 Å². The van der Waals surface area contributed by atoms with Gasteiger partial charge < -0.3 is 10.2 Å². The van der Waals surface area contributed by atoms with E-state index in [-0.39, 0.29) is 37.9 Å². The van der Waals surface area contributed by atoms with E-state index in [2.05, 4.69) is 25.5 Å². The lowest BCUT2D eigenvalue weighted by Gasteiger charge is -2.34. The van der Waals surface area contributed by atoms with Crippen molar-refractivity contribution in [1.82, 2.24) is 29.0 Å². The van der Waals surface area contributed by atoms with Gasteiger partial charge in [0, 0.05) is 37.9 Å². The molecule has 0 saturated carbocycles. The highest BCUT2D eigenvalue weighted by Crippen LogP contribution is 2.31. The normalized spacial score (nSPS) is 15.0. The molecule has 198 valence electrons. The molecule has 0 unspecified atom stereocenters. The minimum absolute atomic E-state index is 0.0134. The first-order chi connectivity index (χ1) is 18.1. The Bertz CT molecular complexity index is 1520. The molecule has 10 nitrogen and oxygen atoms in total. The number of rotatable bonds is 6. The number of piperazine rings is 1. The summed E-state index contributed by atoms with van der Waals surface area (Å²) in [4.78, 5) is 10.4. The van der Waals surface area contributed by atoms with Crippen molar-refractivity contribution in [2.24, 2.45) is 0 Å². The second-order valence-electron chi connectivity index (χ2n) is 8.33. The number of sulfonamides is 1. The van der Waals surface area contributed by atoms with Crippen LogP contribution in [0.3, 0.4) is 0 Å². The third-order valence-corrected chi connectivity index (χ3v) is 7.72. The first-order valence-electron chi connectivity index (χ1n) is 11.3. The second-order valence-corrected chi connectivity index (χ2v) is 10.3. The third kappa shape index (κ3) is 5.43. The maximum atomic E-state index is 13.3. The number of nitrogens with zero attached hydrogens (tertiary/aromatic N) is 7. The van der Waals surface area contributed by atoms with E-state index in [1.807, 2.05) is 0 Å². The van der Waals surface area contributed by atoms with Gasteiger partial charge in [0.05, 0.1) is 10.5 Å². The lowest BCUT2D eigenvalue weighted by molar-refractivity contribution is -0.137. The number of halogens is 4. The highest BCUT2D eigenvalue weighted by atomic mass is 32.2. The fourth-order valence-electron chi connectivity index (χ4n) is 3.87. The van der Waals surface area contributed by atoms with Gasteiger partial charge in [0.2, 0.25) is 16.0 Å². The van der Waals surface area contributed by atoms with Gasteiger partial charge in [-0.15, -0.1) is 10.2 Å². The summed E-state index contributed by atoms with van der Waals surface area (Å²) in [5.74, 6) is 0.729. The van der Waals surface area contributed by atoms with E-state index in [0.717, 1.165) is 22.5 Å². The van der Waals surface area contributed by atoms with E-state index in [1.165, 1.54) is 24.8 Å². The molecule has 0 aliphatic carbocycles. The van der Waals surface area contributed by atoms with Crippen LogP contribution in [0, 0.1) is 5.82 Å². The van der Waals surface area contributed by atoms with Gasteiger partial charge in [0.25, 0.3) is 0 Å². The van der Waals surface area contributed by atoms with Crippen molar-refractivity contribution < 1.29 is 26.0 Å². The van der Waals surface area contributed by atoms with E-state index < -0.39 is 26.7 Å². The van der Waals surface area contributed by atoms with Crippen LogP contribution in [0.1, 0.15) is 5.56 Å². The Hall–Kier alpha value is -4.11. The molecule has 0 radical (unpaired) electrons. The van der Waals surface area contributed by atoms with Crippen molar-refractivity contribution in [3.8, 4) is 5.82 Å². The number of anilines is 3. The molecule has 1 aliphatic rings. The molecule has 0 spiro atoms. The Morgan fingerprint density at radius 1 is 0.868 bits per heavy atom. The van der Waals surface area contributed by atoms with E-state index in [9.17, 15) is 26.0 Å². The molecule has 1 N–H and O–H groups in total. The summed E-state index contributed by atoms with van der Waals surface area (Å²) < 4.78 is 81.4. The number of nitrogens with one attached hydrogen (secondary N) is 1. The van der Waals surface area contributed by atoms with Crippen molar-refractivity contribution >= 4 is 27.5 Å². The first-order valence-corrected chi connectivity index (χ1v) is 12.7. The van der Waals surface area contributed by atoms with Gasteiger partial charge in [0.1, 0.15) is 30.1 Å². The Morgan fingerprint density at radius 2 is 1.55 bits per heavy atom. The van der Waals surface area contributed by atoms with E-state index >= 15 is 0 Å². The second kappa shape index (κ2) is 9.98. The number of hydrogen-bond acceptors (Lipinski definition) is 8. The molecule has 5 rings (SSSR count). The van der Waals surface area contributed by atoms with Gasteiger partial charge in [0.15, 0.2) is 0 Å². The minimum atomic E-state index is -4.66. The Morgan fingerprint density at radius 3 is 2.21 bits per heavy atom. The molecule has 0 atom stereocenters. The third-order valence-electron chi connectivity index (χ3n) is 5.82. The predicted molar refractivity (Wildman–Crippen MR) is 129 cm³/mol. The molecule has 0 amide bonds. The number of alkyl halides is 3. The molecule has 15 heteroatoms. The zero-order valence-corrected chi connectivity index (χ0v) is 20.4. The lowest BCUT2D eigenvalue weighted by Crippen LogP contribution is -2.49. The van der Waals surface area contributed by atoms with Crippen LogP contribution >= 0.6 is 0 Å². The molecule has 1 aliphatic heterocycles. The Kier molecular flexibility index (Phi) is 6.71. The molecule has 0 bridgehead atoms. The average molecular weight is 549 g/mol. The molecule has 2 aromatic heterocycles. The van der Waals surface area contributed by atoms with Crippen molar-refractivity contribution in [3.05, 3.63) is 78.6 Å². The number of benzene rings is 2. The van der Waals surface area contributed by atoms with Gasteiger partial charge in [-0.05, 0) is 42.5 Å². The van der Waals surface area contributed by atoms with Crippen LogP contribution in [0.15, 0.2) is 72.1 Å². The van der Waals surface area contributed by atoms with Crippen molar-refractivity contribution in [3.63, 3.8) is 0 Å². The molecule has 3 heterocycles. The summed E-state index contributed by atoms with van der Waals surface area (Å²) in [6.45, 7) is 0.415. The summed E-state index contributed by atoms with van der Waals surface area (Å²) in [7, 11) is -4.14. The minimum Gasteiger partial charge on any atom is -0.340 e. The molecule has 2 aromatic carbocycles. The van der Waals surface area contributed by atoms with E-state index in [0.29, 0.717) is 23.4 Å². The van der Waals surface area contributed by atoms with Gasteiger partial charge in [-0.25, -0.2) is 12.8 Å². The monoisotopic (exact) mass is 548 g/mol. The highest BCUT2D eigenvalue weighted by Gasteiger charge is 2.34. The van der Waals surface area contributed by atoms with Crippen molar-refractivity contribution in [2.75, 3.05) is 36.4 Å². The van der Waals surface area contributed by atoms with Crippen LogP contribution in [-0.4, -0.2) is 63.6 Å². The maximum Gasteiger partial charge on any atom is 0.416 e. The summed E-state index contributed by atoms with van der Waals surface area (Å²) in [5, 5.41) is 10.7. The summed E-state index contributed by atoms with van der Waals surface area (Å²) in [6, 6.07) is 11.0. The first kappa shape index (κ1) is 25.5. The van der Waals surface area contributed by atoms with Gasteiger partial charge >= 0.3 is 6.18 Å². The topological polar surface area (TPSA) is 109 Å². The Balaban J connectivity index is 1.37. The van der Waals surface area contributed by atoms with Gasteiger partial charge in [-0.3, -0.25) is 4.57 Å². The molecular formula is C23H20F4N8O2S. The standard InChI is InChI=1S/C23H20F4N8O2S/c24-17-4-6-18(7-5-17)30-20-13-21(34-14-28-29-15-34)32-22(31-20)33-8-10-35(11-9-33)38(36,37)19-3-1-2-16(12-19)23(25,26)27/h1-7,12-15H,8-11H2,(H,30,31,32). The fraction of sp³-hybridized carbons (Fsp3) is 0.217. The van der Waals surface area contributed by atoms with Crippen LogP contribution < -0.4 is 10.2 Å². The van der Waals surface area contributed by atoms with E-state index in [4.69, 9.17) is 0 Å². The molecular weight excluding hydrogens is 528 g/mol. The zero-order valence-electron chi connectivity index (χ0n) is 19.5. The van der Waals surface area contributed by atoms with E-state index in [1.54, 1.807) is 27.7 Å².